The van der Waals surface area contributed by atoms with E-state index in [0.717, 1.165) is 24.5 Å². The molecule has 0 aromatic carbocycles. The van der Waals surface area contributed by atoms with Gasteiger partial charge in [-0.05, 0) is 25.2 Å². The molecule has 0 heterocycles. The van der Waals surface area contributed by atoms with E-state index in [9.17, 15) is 5.21 Å². The average molecular weight is 202 g/mol. The highest BCUT2D eigenvalue weighted by Crippen LogP contribution is 2.35. The summed E-state index contributed by atoms with van der Waals surface area (Å²) in [4.78, 5) is 4.77. The molecule has 0 aliphatic heterocycles. The van der Waals surface area contributed by atoms with Crippen molar-refractivity contribution in [2.45, 2.75) is 59.4 Å². The van der Waals surface area contributed by atoms with Gasteiger partial charge in [0.25, 0.3) is 0 Å². The highest BCUT2D eigenvalue weighted by Gasteiger charge is 2.31. The van der Waals surface area contributed by atoms with Crippen molar-refractivity contribution >= 4 is 0 Å². The number of hydrogen-bond acceptors (Lipinski definition) is 3. The van der Waals surface area contributed by atoms with Crippen LogP contribution in [0.3, 0.4) is 0 Å². The van der Waals surface area contributed by atoms with Crippen LogP contribution in [0.15, 0.2) is 0 Å². The predicted molar refractivity (Wildman–Crippen MR) is 59.6 cm³/mol. The summed E-state index contributed by atoms with van der Waals surface area (Å²) in [5.41, 5.74) is -0.222. The molecule has 14 heavy (non-hydrogen) atoms. The summed E-state index contributed by atoms with van der Waals surface area (Å²) in [5, 5.41) is 12.3. The first-order valence-electron chi connectivity index (χ1n) is 5.33. The Balaban J connectivity index is 4.54. The highest BCUT2D eigenvalue weighted by atomic mass is 16.9. The molecule has 0 fully saturated rings. The number of nitrogens with zero attached hydrogens (tertiary/aromatic N) is 1. The fourth-order valence-electron chi connectivity index (χ4n) is 1.69. The Labute approximate surface area is 88.0 Å². The average Bonchev–Trinajstić information content (AvgIpc) is 2.15. The van der Waals surface area contributed by atoms with Crippen LogP contribution in [0, 0.1) is 10.6 Å². The maximum absolute atomic E-state index is 11.6. The summed E-state index contributed by atoms with van der Waals surface area (Å²) < 4.78 is 0. The Morgan fingerprint density at radius 1 is 1.14 bits per heavy atom. The Hall–Kier alpha value is -0.120. The normalized spacial score (nSPS) is 17.1. The van der Waals surface area contributed by atoms with Crippen molar-refractivity contribution in [3.63, 3.8) is 0 Å². The van der Waals surface area contributed by atoms with Gasteiger partial charge in [-0.3, -0.25) is 5.23 Å². The Morgan fingerprint density at radius 3 is 1.93 bits per heavy atom. The zero-order chi connectivity index (χ0) is 11.4. The van der Waals surface area contributed by atoms with Gasteiger partial charge in [0.1, 0.15) is 0 Å². The van der Waals surface area contributed by atoms with Crippen molar-refractivity contribution in [3.05, 3.63) is 5.21 Å². The lowest BCUT2D eigenvalue weighted by atomic mass is 9.76. The first-order chi connectivity index (χ1) is 6.31. The first kappa shape index (κ1) is 13.9. The van der Waals surface area contributed by atoms with Gasteiger partial charge in [0.15, 0.2) is 0 Å². The van der Waals surface area contributed by atoms with Crippen LogP contribution in [0.2, 0.25) is 0 Å². The molecule has 0 amide bonds. The monoisotopic (exact) mass is 202 g/mol. The molecule has 0 radical (unpaired) electrons. The van der Waals surface area contributed by atoms with Gasteiger partial charge in [0.05, 0.1) is 7.11 Å². The van der Waals surface area contributed by atoms with Crippen molar-refractivity contribution in [2.75, 3.05) is 7.11 Å². The van der Waals surface area contributed by atoms with Crippen LogP contribution in [0.25, 0.3) is 0 Å². The fraction of sp³-hybridized carbons (Fsp3) is 1.00. The SMILES string of the molecule is CCC(C)(C)CC(C)(CC)N([O-])OC. The van der Waals surface area contributed by atoms with Gasteiger partial charge in [-0.1, -0.05) is 34.1 Å². The summed E-state index contributed by atoms with van der Waals surface area (Å²) in [7, 11) is 1.43. The Kier molecular flexibility index (Phi) is 5.06. The third-order valence-electron chi connectivity index (χ3n) is 3.18. The van der Waals surface area contributed by atoms with E-state index in [-0.39, 0.29) is 5.41 Å². The van der Waals surface area contributed by atoms with Crippen LogP contribution in [-0.2, 0) is 4.84 Å². The van der Waals surface area contributed by atoms with Crippen LogP contribution in [0.5, 0.6) is 0 Å². The van der Waals surface area contributed by atoms with E-state index in [1.807, 2.05) is 13.8 Å². The Bertz CT molecular complexity index is 171. The molecule has 0 aromatic rings. The van der Waals surface area contributed by atoms with E-state index in [4.69, 9.17) is 4.84 Å². The molecule has 3 heteroatoms. The summed E-state index contributed by atoms with van der Waals surface area (Å²) in [6, 6.07) is 0. The van der Waals surface area contributed by atoms with E-state index >= 15 is 0 Å². The van der Waals surface area contributed by atoms with Gasteiger partial charge in [-0.25, -0.2) is 0 Å². The van der Waals surface area contributed by atoms with Crippen molar-refractivity contribution in [3.8, 4) is 0 Å². The minimum Gasteiger partial charge on any atom is -0.762 e. The van der Waals surface area contributed by atoms with Gasteiger partial charge in [0.2, 0.25) is 0 Å². The van der Waals surface area contributed by atoms with E-state index in [0.29, 0.717) is 0 Å². The van der Waals surface area contributed by atoms with Gasteiger partial charge in [-0.15, -0.1) is 0 Å². The van der Waals surface area contributed by atoms with Crippen LogP contribution < -0.4 is 0 Å². The number of hydrogen-bond donors (Lipinski definition) is 0. The lowest BCUT2D eigenvalue weighted by molar-refractivity contribution is -0.169. The first-order valence-corrected chi connectivity index (χ1v) is 5.33. The van der Waals surface area contributed by atoms with Crippen LogP contribution >= 0.6 is 0 Å². The van der Waals surface area contributed by atoms with Crippen LogP contribution in [0.1, 0.15) is 53.9 Å². The van der Waals surface area contributed by atoms with E-state index in [2.05, 4.69) is 20.8 Å². The molecular weight excluding hydrogens is 178 g/mol. The van der Waals surface area contributed by atoms with Gasteiger partial charge in [-0.2, -0.15) is 0 Å². The molecule has 1 unspecified atom stereocenters. The summed E-state index contributed by atoms with van der Waals surface area (Å²) in [6.45, 7) is 10.5. The fourth-order valence-corrected chi connectivity index (χ4v) is 1.69. The summed E-state index contributed by atoms with van der Waals surface area (Å²) >= 11 is 0. The van der Waals surface area contributed by atoms with E-state index in [1.165, 1.54) is 7.11 Å². The lowest BCUT2D eigenvalue weighted by Gasteiger charge is -2.47. The molecule has 0 aliphatic carbocycles. The van der Waals surface area contributed by atoms with Crippen molar-refractivity contribution in [1.29, 1.82) is 0 Å². The molecule has 1 atom stereocenters. The summed E-state index contributed by atoms with van der Waals surface area (Å²) in [5.74, 6) is 0. The number of rotatable bonds is 6. The predicted octanol–water partition coefficient (Wildman–Crippen LogP) is 3.34. The molecule has 0 saturated carbocycles. The van der Waals surface area contributed by atoms with Crippen molar-refractivity contribution in [2.24, 2.45) is 5.41 Å². The quantitative estimate of drug-likeness (QED) is 0.620. The highest BCUT2D eigenvalue weighted by molar-refractivity contribution is 4.87. The molecular formula is C11H24NO2-. The molecule has 3 nitrogen and oxygen atoms in total. The second-order valence-corrected chi connectivity index (χ2v) is 4.98. The molecule has 86 valence electrons. The van der Waals surface area contributed by atoms with E-state index in [1.54, 1.807) is 0 Å². The largest absolute Gasteiger partial charge is 0.762 e. The van der Waals surface area contributed by atoms with Crippen LogP contribution in [0.4, 0.5) is 0 Å². The second kappa shape index (κ2) is 5.10. The topological polar surface area (TPSA) is 35.5 Å². The van der Waals surface area contributed by atoms with Gasteiger partial charge < -0.3 is 10.0 Å². The molecule has 0 bridgehead atoms. The minimum atomic E-state index is -0.408. The maximum atomic E-state index is 11.6. The molecule has 0 saturated heterocycles. The molecule has 0 spiro atoms. The standard InChI is InChI=1S/C11H24NO2/c1-7-10(3,4)9-11(5,8-2)12(13)14-6/h7-9H2,1-6H3/q-1. The van der Waals surface area contributed by atoms with Crippen LogP contribution in [-0.4, -0.2) is 17.9 Å². The summed E-state index contributed by atoms with van der Waals surface area (Å²) in [6.07, 6.45) is 2.72. The van der Waals surface area contributed by atoms with Gasteiger partial charge in [0, 0.05) is 5.54 Å². The Morgan fingerprint density at radius 2 is 1.64 bits per heavy atom. The second-order valence-electron chi connectivity index (χ2n) is 4.98. The minimum absolute atomic E-state index is 0.186. The zero-order valence-electron chi connectivity index (χ0n) is 10.4. The smallest absolute Gasteiger partial charge is 0.0563 e. The third kappa shape index (κ3) is 3.56. The maximum Gasteiger partial charge on any atom is 0.0563 e. The molecule has 0 aliphatic rings. The number of hydroxylamine groups is 2. The zero-order valence-corrected chi connectivity index (χ0v) is 10.4. The van der Waals surface area contributed by atoms with Crippen molar-refractivity contribution in [1.82, 2.24) is 5.23 Å². The molecule has 0 rings (SSSR count). The molecule has 0 N–H and O–H groups in total. The van der Waals surface area contributed by atoms with Gasteiger partial charge >= 0.3 is 0 Å². The van der Waals surface area contributed by atoms with Crippen molar-refractivity contribution < 1.29 is 4.84 Å². The van der Waals surface area contributed by atoms with E-state index < -0.39 is 5.54 Å². The lowest BCUT2D eigenvalue weighted by Crippen LogP contribution is -2.44. The molecule has 0 aromatic heterocycles. The third-order valence-corrected chi connectivity index (χ3v) is 3.18.